The number of carbonyl (C=O) groups is 1. The van der Waals surface area contributed by atoms with Crippen LogP contribution in [0.25, 0.3) is 10.9 Å². The zero-order valence-electron chi connectivity index (χ0n) is 19.1. The van der Waals surface area contributed by atoms with Gasteiger partial charge in [0.1, 0.15) is 5.60 Å². The van der Waals surface area contributed by atoms with E-state index in [0.717, 1.165) is 24.0 Å². The summed E-state index contributed by atoms with van der Waals surface area (Å²) in [4.78, 5) is 20.5. The number of carbonyl (C=O) groups excluding carboxylic acids is 1. The topological polar surface area (TPSA) is 71.6 Å². The van der Waals surface area contributed by atoms with Crippen molar-refractivity contribution in [3.63, 3.8) is 0 Å². The van der Waals surface area contributed by atoms with E-state index in [-0.39, 0.29) is 18.1 Å². The summed E-state index contributed by atoms with van der Waals surface area (Å²) in [6.07, 6.45) is 6.57. The second kappa shape index (κ2) is 7.82. The van der Waals surface area contributed by atoms with E-state index < -0.39 is 5.60 Å². The van der Waals surface area contributed by atoms with Gasteiger partial charge in [-0.1, -0.05) is 25.0 Å². The Morgan fingerprint density at radius 3 is 2.74 bits per heavy atom. The fourth-order valence-electron chi connectivity index (χ4n) is 6.57. The Bertz CT molecular complexity index is 975. The van der Waals surface area contributed by atoms with Crippen molar-refractivity contribution in [3.05, 3.63) is 35.0 Å². The number of piperidine rings is 1. The molecule has 5 rings (SSSR count). The fraction of sp³-hybridized carbons (Fsp3) is 0.640. The van der Waals surface area contributed by atoms with Crippen molar-refractivity contribution in [2.24, 2.45) is 0 Å². The maximum atomic E-state index is 12.7. The van der Waals surface area contributed by atoms with Crippen LogP contribution in [0.5, 0.6) is 0 Å². The molecule has 168 valence electrons. The van der Waals surface area contributed by atoms with Gasteiger partial charge in [0.05, 0.1) is 0 Å². The lowest BCUT2D eigenvalue weighted by Gasteiger charge is -2.51. The van der Waals surface area contributed by atoms with Crippen molar-refractivity contribution < 1.29 is 9.90 Å². The molecule has 2 aromatic rings. The molecule has 3 N–H and O–H groups in total. The number of aromatic nitrogens is 1. The molecule has 2 fully saturated rings. The zero-order valence-corrected chi connectivity index (χ0v) is 19.1. The number of nitrogens with zero attached hydrogens (tertiary/aromatic N) is 2. The second-order valence-electron chi connectivity index (χ2n) is 9.83. The first-order valence-corrected chi connectivity index (χ1v) is 12.1. The van der Waals surface area contributed by atoms with Crippen LogP contribution in [0.15, 0.2) is 18.2 Å². The van der Waals surface area contributed by atoms with Crippen molar-refractivity contribution in [1.82, 2.24) is 20.1 Å². The molecule has 1 aromatic heterocycles. The minimum Gasteiger partial charge on any atom is -0.383 e. The van der Waals surface area contributed by atoms with E-state index >= 15 is 0 Å². The molecule has 6 heteroatoms. The van der Waals surface area contributed by atoms with Gasteiger partial charge in [-0.05, 0) is 63.3 Å². The molecular formula is C25H36N4O2. The fourth-order valence-corrected chi connectivity index (χ4v) is 6.57. The Morgan fingerprint density at radius 2 is 2.03 bits per heavy atom. The maximum Gasteiger partial charge on any atom is 0.317 e. The Morgan fingerprint density at radius 1 is 1.29 bits per heavy atom. The lowest BCUT2D eigenvalue weighted by Crippen LogP contribution is -2.63. The molecule has 1 saturated heterocycles. The first-order chi connectivity index (χ1) is 15.0. The van der Waals surface area contributed by atoms with Crippen LogP contribution in [0.4, 0.5) is 4.79 Å². The van der Waals surface area contributed by atoms with E-state index in [1.54, 1.807) is 4.90 Å². The van der Waals surface area contributed by atoms with Crippen LogP contribution in [0.3, 0.4) is 0 Å². The largest absolute Gasteiger partial charge is 0.383 e. The van der Waals surface area contributed by atoms with Crippen LogP contribution in [0.2, 0.25) is 0 Å². The number of benzene rings is 1. The normalized spacial score (nSPS) is 28.6. The number of fused-ring (bicyclic) bond motifs is 2. The first-order valence-electron chi connectivity index (χ1n) is 12.1. The molecule has 3 atom stereocenters. The van der Waals surface area contributed by atoms with Gasteiger partial charge < -0.3 is 20.3 Å². The molecule has 1 aromatic carbocycles. The monoisotopic (exact) mass is 424 g/mol. The van der Waals surface area contributed by atoms with Crippen LogP contribution in [0, 0.1) is 0 Å². The highest BCUT2D eigenvalue weighted by Crippen LogP contribution is 2.49. The highest BCUT2D eigenvalue weighted by Gasteiger charge is 2.51. The van der Waals surface area contributed by atoms with E-state index in [0.29, 0.717) is 25.4 Å². The number of urea groups is 1. The number of likely N-dealkylation sites (tertiary alicyclic amines) is 1. The lowest BCUT2D eigenvalue weighted by atomic mass is 9.69. The molecule has 2 heterocycles. The summed E-state index contributed by atoms with van der Waals surface area (Å²) in [5.74, 6) is 0.622. The predicted octanol–water partition coefficient (Wildman–Crippen LogP) is 3.69. The van der Waals surface area contributed by atoms with Gasteiger partial charge in [-0.25, -0.2) is 4.79 Å². The molecular weight excluding hydrogens is 388 g/mol. The zero-order chi connectivity index (χ0) is 21.8. The number of nitrogens with one attached hydrogen (secondary N) is 2. The molecule has 1 saturated carbocycles. The minimum absolute atomic E-state index is 0.0307. The van der Waals surface area contributed by atoms with Crippen molar-refractivity contribution in [2.45, 2.75) is 76.0 Å². The third-order valence-corrected chi connectivity index (χ3v) is 8.12. The number of amides is 2. The third kappa shape index (κ3) is 3.26. The summed E-state index contributed by atoms with van der Waals surface area (Å²) in [6.45, 7) is 6.13. The van der Waals surface area contributed by atoms with Crippen molar-refractivity contribution in [3.8, 4) is 0 Å². The first kappa shape index (κ1) is 20.8. The van der Waals surface area contributed by atoms with Gasteiger partial charge in [0.25, 0.3) is 0 Å². The number of hydrogen-bond donors (Lipinski definition) is 3. The van der Waals surface area contributed by atoms with Crippen molar-refractivity contribution in [2.75, 3.05) is 26.7 Å². The third-order valence-electron chi connectivity index (χ3n) is 8.12. The molecule has 31 heavy (non-hydrogen) atoms. The summed E-state index contributed by atoms with van der Waals surface area (Å²) < 4.78 is 0. The molecule has 0 spiro atoms. The predicted molar refractivity (Wildman–Crippen MR) is 123 cm³/mol. The molecule has 0 radical (unpaired) electrons. The minimum atomic E-state index is -0.962. The summed E-state index contributed by atoms with van der Waals surface area (Å²) in [5.41, 5.74) is 4.05. The number of H-pyrrole nitrogens is 1. The van der Waals surface area contributed by atoms with Gasteiger partial charge in [-0.15, -0.1) is 0 Å². The molecule has 6 nitrogen and oxygen atoms in total. The molecule has 0 bridgehead atoms. The van der Waals surface area contributed by atoms with Crippen LogP contribution in [0.1, 0.15) is 68.7 Å². The Labute approximate surface area is 185 Å². The summed E-state index contributed by atoms with van der Waals surface area (Å²) >= 11 is 0. The molecule has 1 aliphatic heterocycles. The SMILES string of the molecule is CCN(CC)C(=O)NC1CN(C)C2Cc3c(C4CCCC4)[nH]c4cccc(c34)C2(O)C1. The average Bonchev–Trinajstić information content (AvgIpc) is 3.39. The smallest absolute Gasteiger partial charge is 0.317 e. The summed E-state index contributed by atoms with van der Waals surface area (Å²) in [6, 6.07) is 6.23. The Kier molecular flexibility index (Phi) is 5.25. The van der Waals surface area contributed by atoms with E-state index in [4.69, 9.17) is 0 Å². The molecule has 2 amide bonds. The lowest BCUT2D eigenvalue weighted by molar-refractivity contribution is -0.0889. The van der Waals surface area contributed by atoms with Crippen molar-refractivity contribution >= 4 is 16.9 Å². The van der Waals surface area contributed by atoms with E-state index in [1.807, 2.05) is 13.8 Å². The summed E-state index contributed by atoms with van der Waals surface area (Å²) in [5, 5.41) is 16.5. The van der Waals surface area contributed by atoms with Gasteiger partial charge in [0, 0.05) is 54.7 Å². The highest BCUT2D eigenvalue weighted by atomic mass is 16.3. The Balaban J connectivity index is 1.52. The number of likely N-dealkylation sites (N-methyl/N-ethyl adjacent to an activating group) is 1. The molecule has 3 unspecified atom stereocenters. The number of hydrogen-bond acceptors (Lipinski definition) is 3. The standard InChI is InChI=1S/C25H36N4O2/c1-4-29(5-2)24(30)26-17-14-25(31)19-11-8-12-20-22(19)18(13-21(25)28(3)15-17)23(27-20)16-9-6-7-10-16/h8,11-12,16-17,21,27,31H,4-7,9-10,13-15H2,1-3H3,(H,26,30). The molecule has 2 aliphatic carbocycles. The van der Waals surface area contributed by atoms with E-state index in [2.05, 4.69) is 40.4 Å². The number of rotatable bonds is 4. The van der Waals surface area contributed by atoms with Crippen LogP contribution >= 0.6 is 0 Å². The highest BCUT2D eigenvalue weighted by molar-refractivity contribution is 5.90. The van der Waals surface area contributed by atoms with Gasteiger partial charge in [-0.3, -0.25) is 4.90 Å². The van der Waals surface area contributed by atoms with Crippen LogP contribution in [-0.4, -0.2) is 64.7 Å². The average molecular weight is 425 g/mol. The van der Waals surface area contributed by atoms with E-state index in [1.165, 1.54) is 42.3 Å². The second-order valence-corrected chi connectivity index (χ2v) is 9.83. The van der Waals surface area contributed by atoms with Gasteiger partial charge in [-0.2, -0.15) is 0 Å². The van der Waals surface area contributed by atoms with Crippen LogP contribution in [-0.2, 0) is 12.0 Å². The molecule has 3 aliphatic rings. The quantitative estimate of drug-likeness (QED) is 0.701. The van der Waals surface area contributed by atoms with Gasteiger partial charge >= 0.3 is 6.03 Å². The summed E-state index contributed by atoms with van der Waals surface area (Å²) in [7, 11) is 2.10. The Hall–Kier alpha value is -2.05. The van der Waals surface area contributed by atoms with E-state index in [9.17, 15) is 9.90 Å². The van der Waals surface area contributed by atoms with Crippen molar-refractivity contribution in [1.29, 1.82) is 0 Å². The number of aliphatic hydroxyl groups is 1. The maximum absolute atomic E-state index is 12.7. The number of aromatic amines is 1. The van der Waals surface area contributed by atoms with Crippen LogP contribution < -0.4 is 5.32 Å². The van der Waals surface area contributed by atoms with Gasteiger partial charge in [0.15, 0.2) is 0 Å². The van der Waals surface area contributed by atoms with Gasteiger partial charge in [0.2, 0.25) is 0 Å².